The molecule has 2 aromatic carbocycles. The Labute approximate surface area is 136 Å². The van der Waals surface area contributed by atoms with Gasteiger partial charge in [0.1, 0.15) is 0 Å². The minimum Gasteiger partial charge on any atom is -0.306 e. The molecule has 1 atom stereocenters. The van der Waals surface area contributed by atoms with E-state index in [1.807, 2.05) is 0 Å². The molecule has 0 saturated heterocycles. The zero-order valence-electron chi connectivity index (χ0n) is 13.1. The number of halogens is 1. The minimum absolute atomic E-state index is 0.238. The van der Waals surface area contributed by atoms with Gasteiger partial charge >= 0.3 is 0 Å². The van der Waals surface area contributed by atoms with Gasteiger partial charge in [-0.2, -0.15) is 0 Å². The van der Waals surface area contributed by atoms with Gasteiger partial charge in [-0.05, 0) is 47.7 Å². The molecule has 0 aliphatic rings. The van der Waals surface area contributed by atoms with Crippen LogP contribution in [0.1, 0.15) is 49.1 Å². The van der Waals surface area contributed by atoms with Crippen LogP contribution in [0.5, 0.6) is 0 Å². The van der Waals surface area contributed by atoms with E-state index in [9.17, 15) is 0 Å². The first kappa shape index (κ1) is 16.3. The standard InChI is InChI=1S/C19H24BrN/c1-4-14-11-12-16(13-15(14)5-2)19(21-6-3)17-9-7-8-10-18(17)20/h7-13,19,21H,4-6H2,1-3H3. The van der Waals surface area contributed by atoms with Crippen LogP contribution < -0.4 is 5.32 Å². The molecular weight excluding hydrogens is 322 g/mol. The molecule has 0 bridgehead atoms. The maximum atomic E-state index is 3.69. The third-order valence-electron chi connectivity index (χ3n) is 3.95. The summed E-state index contributed by atoms with van der Waals surface area (Å²) in [5, 5.41) is 3.61. The van der Waals surface area contributed by atoms with Crippen LogP contribution in [-0.4, -0.2) is 6.54 Å². The van der Waals surface area contributed by atoms with E-state index in [1.54, 1.807) is 0 Å². The summed E-state index contributed by atoms with van der Waals surface area (Å²) in [6.07, 6.45) is 2.19. The van der Waals surface area contributed by atoms with Crippen molar-refractivity contribution < 1.29 is 0 Å². The number of rotatable bonds is 6. The van der Waals surface area contributed by atoms with E-state index in [0.717, 1.165) is 23.9 Å². The first-order valence-corrected chi connectivity index (χ1v) is 8.60. The zero-order chi connectivity index (χ0) is 15.2. The van der Waals surface area contributed by atoms with E-state index in [0.29, 0.717) is 0 Å². The Hall–Kier alpha value is -1.12. The number of hydrogen-bond acceptors (Lipinski definition) is 1. The van der Waals surface area contributed by atoms with Crippen molar-refractivity contribution in [3.05, 3.63) is 69.2 Å². The number of aryl methyl sites for hydroxylation is 2. The SMILES string of the molecule is CCNC(c1ccc(CC)c(CC)c1)c1ccccc1Br. The quantitative estimate of drug-likeness (QED) is 0.751. The van der Waals surface area contributed by atoms with Crippen molar-refractivity contribution >= 4 is 15.9 Å². The van der Waals surface area contributed by atoms with E-state index in [1.165, 1.54) is 22.3 Å². The summed E-state index contributed by atoms with van der Waals surface area (Å²) in [4.78, 5) is 0. The lowest BCUT2D eigenvalue weighted by atomic mass is 9.93. The smallest absolute Gasteiger partial charge is 0.0587 e. The fourth-order valence-electron chi connectivity index (χ4n) is 2.82. The molecule has 1 unspecified atom stereocenters. The van der Waals surface area contributed by atoms with Gasteiger partial charge in [0, 0.05) is 4.47 Å². The normalized spacial score (nSPS) is 12.4. The maximum absolute atomic E-state index is 3.69. The fraction of sp³-hybridized carbons (Fsp3) is 0.368. The topological polar surface area (TPSA) is 12.0 Å². The van der Waals surface area contributed by atoms with Gasteiger partial charge in [0.2, 0.25) is 0 Å². The fourth-order valence-corrected chi connectivity index (χ4v) is 3.33. The van der Waals surface area contributed by atoms with Gasteiger partial charge in [0.15, 0.2) is 0 Å². The van der Waals surface area contributed by atoms with Crippen molar-refractivity contribution in [3.8, 4) is 0 Å². The van der Waals surface area contributed by atoms with E-state index < -0.39 is 0 Å². The molecule has 1 N–H and O–H groups in total. The molecular formula is C19H24BrN. The van der Waals surface area contributed by atoms with Crippen LogP contribution in [0.3, 0.4) is 0 Å². The number of benzene rings is 2. The summed E-state index contributed by atoms with van der Waals surface area (Å²) in [5.41, 5.74) is 5.57. The maximum Gasteiger partial charge on any atom is 0.0587 e. The second-order valence-corrected chi connectivity index (χ2v) is 6.10. The molecule has 0 spiro atoms. The summed E-state index contributed by atoms with van der Waals surface area (Å²) in [6, 6.07) is 15.6. The van der Waals surface area contributed by atoms with Crippen LogP contribution >= 0.6 is 15.9 Å². The Kier molecular flexibility index (Phi) is 6.01. The lowest BCUT2D eigenvalue weighted by molar-refractivity contribution is 0.627. The Morgan fingerprint density at radius 3 is 2.29 bits per heavy atom. The van der Waals surface area contributed by atoms with Gasteiger partial charge in [-0.1, -0.05) is 73.1 Å². The van der Waals surface area contributed by atoms with Crippen molar-refractivity contribution in [3.63, 3.8) is 0 Å². The number of hydrogen-bond donors (Lipinski definition) is 1. The molecule has 0 aromatic heterocycles. The largest absolute Gasteiger partial charge is 0.306 e. The summed E-state index contributed by atoms with van der Waals surface area (Å²) in [6.45, 7) is 7.57. The molecule has 0 saturated carbocycles. The molecule has 1 nitrogen and oxygen atoms in total. The summed E-state index contributed by atoms with van der Waals surface area (Å²) in [5.74, 6) is 0. The van der Waals surface area contributed by atoms with Crippen LogP contribution in [0.15, 0.2) is 46.9 Å². The van der Waals surface area contributed by atoms with Gasteiger partial charge in [0.05, 0.1) is 6.04 Å². The van der Waals surface area contributed by atoms with Crippen molar-refractivity contribution in [1.29, 1.82) is 0 Å². The van der Waals surface area contributed by atoms with Crippen LogP contribution in [0.2, 0.25) is 0 Å². The van der Waals surface area contributed by atoms with Crippen LogP contribution in [0.25, 0.3) is 0 Å². The molecule has 0 amide bonds. The summed E-state index contributed by atoms with van der Waals surface area (Å²) >= 11 is 3.69. The highest BCUT2D eigenvalue weighted by molar-refractivity contribution is 9.10. The number of nitrogens with one attached hydrogen (secondary N) is 1. The average Bonchev–Trinajstić information content (AvgIpc) is 2.53. The highest BCUT2D eigenvalue weighted by Gasteiger charge is 2.16. The van der Waals surface area contributed by atoms with Crippen LogP contribution in [0.4, 0.5) is 0 Å². The zero-order valence-corrected chi connectivity index (χ0v) is 14.7. The molecule has 112 valence electrons. The Morgan fingerprint density at radius 1 is 0.952 bits per heavy atom. The molecule has 2 heteroatoms. The predicted molar refractivity (Wildman–Crippen MR) is 94.9 cm³/mol. The monoisotopic (exact) mass is 345 g/mol. The Balaban J connectivity index is 2.46. The van der Waals surface area contributed by atoms with Gasteiger partial charge in [-0.3, -0.25) is 0 Å². The summed E-state index contributed by atoms with van der Waals surface area (Å²) < 4.78 is 1.16. The summed E-state index contributed by atoms with van der Waals surface area (Å²) in [7, 11) is 0. The van der Waals surface area contributed by atoms with Crippen LogP contribution in [0, 0.1) is 0 Å². The van der Waals surface area contributed by atoms with Gasteiger partial charge in [-0.15, -0.1) is 0 Å². The van der Waals surface area contributed by atoms with E-state index in [-0.39, 0.29) is 6.04 Å². The highest BCUT2D eigenvalue weighted by atomic mass is 79.9. The van der Waals surface area contributed by atoms with Gasteiger partial charge < -0.3 is 5.32 Å². The van der Waals surface area contributed by atoms with Crippen molar-refractivity contribution in [2.45, 2.75) is 39.7 Å². The molecule has 0 aliphatic carbocycles. The predicted octanol–water partition coefficient (Wildman–Crippen LogP) is 5.27. The van der Waals surface area contributed by atoms with Crippen molar-refractivity contribution in [2.75, 3.05) is 6.54 Å². The van der Waals surface area contributed by atoms with E-state index >= 15 is 0 Å². The minimum atomic E-state index is 0.238. The Bertz CT molecular complexity index is 592. The first-order valence-electron chi connectivity index (χ1n) is 7.80. The van der Waals surface area contributed by atoms with Crippen LogP contribution in [-0.2, 0) is 12.8 Å². The average molecular weight is 346 g/mol. The third kappa shape index (κ3) is 3.75. The van der Waals surface area contributed by atoms with Gasteiger partial charge in [0.25, 0.3) is 0 Å². The molecule has 2 rings (SSSR count). The lowest BCUT2D eigenvalue weighted by Crippen LogP contribution is -2.22. The van der Waals surface area contributed by atoms with Crippen molar-refractivity contribution in [1.82, 2.24) is 5.32 Å². The lowest BCUT2D eigenvalue weighted by Gasteiger charge is -2.22. The molecule has 2 aromatic rings. The highest BCUT2D eigenvalue weighted by Crippen LogP contribution is 2.29. The molecule has 0 radical (unpaired) electrons. The van der Waals surface area contributed by atoms with E-state index in [4.69, 9.17) is 0 Å². The molecule has 21 heavy (non-hydrogen) atoms. The molecule has 0 fully saturated rings. The molecule has 0 aliphatic heterocycles. The Morgan fingerprint density at radius 2 is 1.67 bits per heavy atom. The van der Waals surface area contributed by atoms with Crippen molar-refractivity contribution in [2.24, 2.45) is 0 Å². The molecule has 0 heterocycles. The van der Waals surface area contributed by atoms with E-state index in [2.05, 4.69) is 84.5 Å². The third-order valence-corrected chi connectivity index (χ3v) is 4.67. The van der Waals surface area contributed by atoms with Gasteiger partial charge in [-0.25, -0.2) is 0 Å². The second kappa shape index (κ2) is 7.77. The second-order valence-electron chi connectivity index (χ2n) is 5.25. The first-order chi connectivity index (χ1) is 10.2.